The van der Waals surface area contributed by atoms with Gasteiger partial charge in [-0.3, -0.25) is 0 Å². The number of nitrogens with zero attached hydrogens (tertiary/aromatic N) is 2. The predicted octanol–water partition coefficient (Wildman–Crippen LogP) is 4.00. The van der Waals surface area contributed by atoms with E-state index in [1.165, 1.54) is 37.7 Å². The fraction of sp³-hybridized carbons (Fsp3) is 0.750. The summed E-state index contributed by atoms with van der Waals surface area (Å²) in [6, 6.07) is 0.591. The molecule has 0 amide bonds. The Morgan fingerprint density at radius 3 is 2.50 bits per heavy atom. The number of nitrogens with one attached hydrogen (secondary N) is 2. The maximum Gasteiger partial charge on any atom is 0.134 e. The smallest absolute Gasteiger partial charge is 0.134 e. The van der Waals surface area contributed by atoms with Crippen molar-refractivity contribution in [3.05, 3.63) is 11.9 Å². The summed E-state index contributed by atoms with van der Waals surface area (Å²) in [4.78, 5) is 8.92. The van der Waals surface area contributed by atoms with Crippen LogP contribution in [0.25, 0.3) is 0 Å². The Labute approximate surface area is 122 Å². The number of anilines is 2. The highest BCUT2D eigenvalue weighted by atomic mass is 15.1. The maximum atomic E-state index is 4.50. The minimum atomic E-state index is 0.591. The third-order valence-electron chi connectivity index (χ3n) is 3.93. The van der Waals surface area contributed by atoms with E-state index in [-0.39, 0.29) is 0 Å². The lowest BCUT2D eigenvalue weighted by atomic mass is 9.95. The summed E-state index contributed by atoms with van der Waals surface area (Å²) in [5, 5.41) is 7.09. The Hall–Kier alpha value is -1.32. The van der Waals surface area contributed by atoms with Crippen molar-refractivity contribution in [2.24, 2.45) is 0 Å². The molecule has 0 unspecified atom stereocenters. The highest BCUT2D eigenvalue weighted by Gasteiger charge is 2.17. The first-order valence-electron chi connectivity index (χ1n) is 8.19. The molecule has 20 heavy (non-hydrogen) atoms. The lowest BCUT2D eigenvalue weighted by Crippen LogP contribution is -2.24. The second-order valence-electron chi connectivity index (χ2n) is 5.71. The van der Waals surface area contributed by atoms with E-state index < -0.39 is 0 Å². The summed E-state index contributed by atoms with van der Waals surface area (Å²) in [6.45, 7) is 5.35. The molecule has 4 heteroatoms. The van der Waals surface area contributed by atoms with Crippen molar-refractivity contribution in [1.29, 1.82) is 0 Å². The van der Waals surface area contributed by atoms with Crippen LogP contribution >= 0.6 is 0 Å². The Morgan fingerprint density at radius 2 is 1.80 bits per heavy atom. The first-order chi connectivity index (χ1) is 9.85. The normalized spacial score (nSPS) is 16.1. The molecule has 0 atom stereocenters. The van der Waals surface area contributed by atoms with Crippen molar-refractivity contribution >= 4 is 11.6 Å². The van der Waals surface area contributed by atoms with Crippen LogP contribution in [0.4, 0.5) is 11.6 Å². The average molecular weight is 276 g/mol. The zero-order valence-corrected chi connectivity index (χ0v) is 12.9. The van der Waals surface area contributed by atoms with Crippen LogP contribution in [0.2, 0.25) is 0 Å². The predicted molar refractivity (Wildman–Crippen MR) is 85.3 cm³/mol. The van der Waals surface area contributed by atoms with Gasteiger partial charge in [0.05, 0.1) is 0 Å². The Balaban J connectivity index is 2.12. The van der Waals surface area contributed by atoms with Crippen LogP contribution in [0.15, 0.2) is 6.33 Å². The monoisotopic (exact) mass is 276 g/mol. The molecule has 2 rings (SSSR count). The van der Waals surface area contributed by atoms with Gasteiger partial charge < -0.3 is 10.6 Å². The quantitative estimate of drug-likeness (QED) is 0.790. The van der Waals surface area contributed by atoms with E-state index in [1.807, 2.05) is 0 Å². The Kier molecular flexibility index (Phi) is 6.09. The van der Waals surface area contributed by atoms with E-state index in [4.69, 9.17) is 0 Å². The number of rotatable bonds is 7. The fourth-order valence-corrected chi connectivity index (χ4v) is 2.86. The molecule has 1 aromatic rings. The lowest BCUT2D eigenvalue weighted by Gasteiger charge is -2.25. The first-order valence-corrected chi connectivity index (χ1v) is 8.19. The molecular weight excluding hydrogens is 248 g/mol. The minimum absolute atomic E-state index is 0.591. The molecular formula is C16H28N4. The van der Waals surface area contributed by atoms with Gasteiger partial charge in [-0.25, -0.2) is 9.97 Å². The van der Waals surface area contributed by atoms with Crippen LogP contribution in [0.1, 0.15) is 64.4 Å². The highest BCUT2D eigenvalue weighted by Crippen LogP contribution is 2.26. The summed E-state index contributed by atoms with van der Waals surface area (Å²) in [5.74, 6) is 2.06. The van der Waals surface area contributed by atoms with Crippen LogP contribution in [0.3, 0.4) is 0 Å². The maximum absolute atomic E-state index is 4.50. The largest absolute Gasteiger partial charge is 0.370 e. The molecule has 0 spiro atoms. The second-order valence-corrected chi connectivity index (χ2v) is 5.71. The molecule has 1 saturated carbocycles. The molecule has 1 aliphatic rings. The van der Waals surface area contributed by atoms with Gasteiger partial charge in [-0.05, 0) is 25.7 Å². The minimum Gasteiger partial charge on any atom is -0.370 e. The fourth-order valence-electron chi connectivity index (χ4n) is 2.86. The first kappa shape index (κ1) is 15.1. The molecule has 0 aromatic carbocycles. The standard InChI is InChI=1S/C16H28N4/c1-3-8-14-15(17-11-4-2)18-12-19-16(14)20-13-9-6-5-7-10-13/h12-13H,3-11H2,1-2H3,(H2,17,18,19,20). The van der Waals surface area contributed by atoms with Crippen molar-refractivity contribution in [3.63, 3.8) is 0 Å². The summed E-state index contributed by atoms with van der Waals surface area (Å²) in [6.07, 6.45) is 11.5. The molecule has 1 fully saturated rings. The summed E-state index contributed by atoms with van der Waals surface area (Å²) in [7, 11) is 0. The van der Waals surface area contributed by atoms with Crippen molar-refractivity contribution in [2.45, 2.75) is 71.3 Å². The Bertz CT molecular complexity index is 399. The molecule has 0 aliphatic heterocycles. The van der Waals surface area contributed by atoms with Crippen LogP contribution in [-0.2, 0) is 6.42 Å². The SMILES string of the molecule is CCCNc1ncnc(NC2CCCCC2)c1CCC. The molecule has 1 aliphatic carbocycles. The molecule has 2 N–H and O–H groups in total. The number of hydrogen-bond donors (Lipinski definition) is 2. The topological polar surface area (TPSA) is 49.8 Å². The average Bonchev–Trinajstić information content (AvgIpc) is 2.49. The van der Waals surface area contributed by atoms with Crippen molar-refractivity contribution in [3.8, 4) is 0 Å². The van der Waals surface area contributed by atoms with E-state index in [0.717, 1.165) is 37.4 Å². The van der Waals surface area contributed by atoms with E-state index in [1.54, 1.807) is 6.33 Å². The molecule has 0 saturated heterocycles. The van der Waals surface area contributed by atoms with Gasteiger partial charge in [0.1, 0.15) is 18.0 Å². The summed E-state index contributed by atoms with van der Waals surface area (Å²) in [5.41, 5.74) is 1.26. The molecule has 4 nitrogen and oxygen atoms in total. The Morgan fingerprint density at radius 1 is 1.05 bits per heavy atom. The molecule has 1 heterocycles. The van der Waals surface area contributed by atoms with Crippen molar-refractivity contribution in [1.82, 2.24) is 9.97 Å². The highest BCUT2D eigenvalue weighted by molar-refractivity contribution is 5.57. The van der Waals surface area contributed by atoms with Gasteiger partial charge in [-0.2, -0.15) is 0 Å². The zero-order valence-electron chi connectivity index (χ0n) is 12.9. The lowest BCUT2D eigenvalue weighted by molar-refractivity contribution is 0.461. The summed E-state index contributed by atoms with van der Waals surface area (Å²) >= 11 is 0. The van der Waals surface area contributed by atoms with Gasteiger partial charge in [0.2, 0.25) is 0 Å². The van der Waals surface area contributed by atoms with Gasteiger partial charge in [-0.15, -0.1) is 0 Å². The van der Waals surface area contributed by atoms with Gasteiger partial charge in [0.15, 0.2) is 0 Å². The van der Waals surface area contributed by atoms with Crippen LogP contribution in [0, 0.1) is 0 Å². The van der Waals surface area contributed by atoms with E-state index in [0.29, 0.717) is 6.04 Å². The third-order valence-corrected chi connectivity index (χ3v) is 3.93. The van der Waals surface area contributed by atoms with Crippen molar-refractivity contribution in [2.75, 3.05) is 17.2 Å². The number of aromatic nitrogens is 2. The van der Waals surface area contributed by atoms with Gasteiger partial charge >= 0.3 is 0 Å². The number of hydrogen-bond acceptors (Lipinski definition) is 4. The van der Waals surface area contributed by atoms with Crippen molar-refractivity contribution < 1.29 is 0 Å². The molecule has 112 valence electrons. The molecule has 0 radical (unpaired) electrons. The van der Waals surface area contributed by atoms with Gasteiger partial charge in [0.25, 0.3) is 0 Å². The van der Waals surface area contributed by atoms with E-state index in [9.17, 15) is 0 Å². The zero-order chi connectivity index (χ0) is 14.2. The summed E-state index contributed by atoms with van der Waals surface area (Å²) < 4.78 is 0. The molecule has 0 bridgehead atoms. The van der Waals surface area contributed by atoms with E-state index >= 15 is 0 Å². The van der Waals surface area contributed by atoms with Crippen LogP contribution in [-0.4, -0.2) is 22.6 Å². The van der Waals surface area contributed by atoms with Crippen LogP contribution in [0.5, 0.6) is 0 Å². The van der Waals surface area contributed by atoms with E-state index in [2.05, 4.69) is 34.4 Å². The van der Waals surface area contributed by atoms with Gasteiger partial charge in [0, 0.05) is 18.2 Å². The molecule has 1 aromatic heterocycles. The van der Waals surface area contributed by atoms with Gasteiger partial charge in [-0.1, -0.05) is 39.5 Å². The van der Waals surface area contributed by atoms with Crippen LogP contribution < -0.4 is 10.6 Å². The second kappa shape index (κ2) is 8.08. The third kappa shape index (κ3) is 4.09.